The molecule has 1 aliphatic rings. The van der Waals surface area contributed by atoms with E-state index >= 15 is 0 Å². The third kappa shape index (κ3) is 4.69. The maximum Gasteiger partial charge on any atom is 0.0622 e. The Kier molecular flexibility index (Phi) is 4.65. The Hall–Kier alpha value is -1.70. The molecule has 0 unspecified atom stereocenters. The van der Waals surface area contributed by atoms with E-state index in [4.69, 9.17) is 5.41 Å². The van der Waals surface area contributed by atoms with E-state index in [2.05, 4.69) is 24.9 Å². The third-order valence-electron chi connectivity index (χ3n) is 2.13. The summed E-state index contributed by atoms with van der Waals surface area (Å²) in [7, 11) is 0. The van der Waals surface area contributed by atoms with Crippen molar-refractivity contribution in [1.29, 1.82) is 5.41 Å². The normalized spacial score (nSPS) is 19.0. The van der Waals surface area contributed by atoms with Crippen LogP contribution in [0, 0.1) is 10.8 Å². The Labute approximate surface area is 97.3 Å². The molecule has 0 atom stereocenters. The van der Waals surface area contributed by atoms with Gasteiger partial charge in [-0.3, -0.25) is 4.99 Å². The standard InChI is InChI=1S/C14H18N2/c1-14(2)10-7-9-13(16-12-14)8-5-3-4-6-11-15/h4-12,15H,3H2,1-2H3/b6-4?,8-5+,15-11?. The number of rotatable bonds is 4. The maximum absolute atomic E-state index is 6.83. The largest absolute Gasteiger partial charge is 0.309 e. The van der Waals surface area contributed by atoms with Crippen LogP contribution in [0.3, 0.4) is 0 Å². The van der Waals surface area contributed by atoms with Crippen molar-refractivity contribution in [3.8, 4) is 0 Å². The zero-order valence-electron chi connectivity index (χ0n) is 9.85. The van der Waals surface area contributed by atoms with Gasteiger partial charge in [0.25, 0.3) is 0 Å². The summed E-state index contributed by atoms with van der Waals surface area (Å²) in [5.41, 5.74) is 0.997. The highest BCUT2D eigenvalue weighted by Crippen LogP contribution is 2.18. The second-order valence-corrected chi connectivity index (χ2v) is 4.26. The van der Waals surface area contributed by atoms with Gasteiger partial charge in [-0.05, 0) is 24.6 Å². The van der Waals surface area contributed by atoms with E-state index in [-0.39, 0.29) is 5.41 Å². The summed E-state index contributed by atoms with van der Waals surface area (Å²) in [4.78, 5) is 4.41. The number of nitrogens with zero attached hydrogens (tertiary/aromatic N) is 1. The lowest BCUT2D eigenvalue weighted by Crippen LogP contribution is -2.07. The molecule has 0 radical (unpaired) electrons. The molecule has 0 saturated carbocycles. The summed E-state index contributed by atoms with van der Waals surface area (Å²) in [5, 5.41) is 6.83. The van der Waals surface area contributed by atoms with Crippen LogP contribution < -0.4 is 0 Å². The number of nitrogens with one attached hydrogen (secondary N) is 1. The molecule has 2 heteroatoms. The molecule has 1 N–H and O–H groups in total. The van der Waals surface area contributed by atoms with E-state index < -0.39 is 0 Å². The summed E-state index contributed by atoms with van der Waals surface area (Å²) >= 11 is 0. The van der Waals surface area contributed by atoms with Crippen LogP contribution in [0.15, 0.2) is 53.2 Å². The molecular formula is C14H18N2. The minimum atomic E-state index is 0.0339. The first-order valence-corrected chi connectivity index (χ1v) is 5.41. The molecular weight excluding hydrogens is 196 g/mol. The van der Waals surface area contributed by atoms with Gasteiger partial charge >= 0.3 is 0 Å². The lowest BCUT2D eigenvalue weighted by atomic mass is 9.95. The van der Waals surface area contributed by atoms with Gasteiger partial charge in [-0.1, -0.05) is 38.2 Å². The van der Waals surface area contributed by atoms with Crippen molar-refractivity contribution in [3.05, 3.63) is 48.2 Å². The molecule has 0 aromatic carbocycles. The van der Waals surface area contributed by atoms with Gasteiger partial charge in [0.05, 0.1) is 5.70 Å². The van der Waals surface area contributed by atoms with Crippen LogP contribution in [0.1, 0.15) is 20.3 Å². The van der Waals surface area contributed by atoms with E-state index in [0.717, 1.165) is 12.1 Å². The number of hydrogen-bond donors (Lipinski definition) is 1. The van der Waals surface area contributed by atoms with E-state index in [0.29, 0.717) is 0 Å². The highest BCUT2D eigenvalue weighted by molar-refractivity contribution is 5.70. The lowest BCUT2D eigenvalue weighted by Gasteiger charge is -2.10. The maximum atomic E-state index is 6.83. The van der Waals surface area contributed by atoms with Gasteiger partial charge in [0.15, 0.2) is 0 Å². The summed E-state index contributed by atoms with van der Waals surface area (Å²) in [6.45, 7) is 4.25. The predicted octanol–water partition coefficient (Wildman–Crippen LogP) is 3.69. The highest BCUT2D eigenvalue weighted by Gasteiger charge is 2.10. The van der Waals surface area contributed by atoms with Crippen LogP contribution in [-0.4, -0.2) is 12.4 Å². The van der Waals surface area contributed by atoms with Crippen LogP contribution >= 0.6 is 0 Å². The van der Waals surface area contributed by atoms with E-state index in [1.807, 2.05) is 36.6 Å². The molecule has 0 aromatic rings. The fourth-order valence-corrected chi connectivity index (χ4v) is 1.23. The summed E-state index contributed by atoms with van der Waals surface area (Å²) in [6, 6.07) is 0. The predicted molar refractivity (Wildman–Crippen MR) is 71.2 cm³/mol. The average Bonchev–Trinajstić information content (AvgIpc) is 2.40. The van der Waals surface area contributed by atoms with Crippen molar-refractivity contribution in [3.63, 3.8) is 0 Å². The van der Waals surface area contributed by atoms with Crippen LogP contribution in [0.25, 0.3) is 0 Å². The fourth-order valence-electron chi connectivity index (χ4n) is 1.23. The zero-order chi connectivity index (χ0) is 11.9. The van der Waals surface area contributed by atoms with Crippen molar-refractivity contribution < 1.29 is 0 Å². The van der Waals surface area contributed by atoms with Crippen LogP contribution in [-0.2, 0) is 0 Å². The molecule has 84 valence electrons. The van der Waals surface area contributed by atoms with Crippen LogP contribution in [0.5, 0.6) is 0 Å². The molecule has 0 aromatic heterocycles. The van der Waals surface area contributed by atoms with Gasteiger partial charge in [0.2, 0.25) is 0 Å². The van der Waals surface area contributed by atoms with Gasteiger partial charge in [-0.25, -0.2) is 0 Å². The SMILES string of the molecule is CC1(C)C=CC=C(/C=C/CC=CC=N)N=C1. The molecule has 0 saturated heterocycles. The molecule has 16 heavy (non-hydrogen) atoms. The molecule has 0 fully saturated rings. The summed E-state index contributed by atoms with van der Waals surface area (Å²) in [5.74, 6) is 0. The molecule has 1 aliphatic heterocycles. The Morgan fingerprint density at radius 3 is 2.94 bits per heavy atom. The zero-order valence-corrected chi connectivity index (χ0v) is 9.85. The molecule has 0 bridgehead atoms. The summed E-state index contributed by atoms with van der Waals surface area (Å²) < 4.78 is 0. The molecule has 2 nitrogen and oxygen atoms in total. The van der Waals surface area contributed by atoms with E-state index in [1.165, 1.54) is 6.21 Å². The first-order chi connectivity index (χ1) is 7.64. The van der Waals surface area contributed by atoms with Crippen molar-refractivity contribution in [2.24, 2.45) is 10.4 Å². The minimum Gasteiger partial charge on any atom is -0.309 e. The number of allylic oxidation sites excluding steroid dienone is 7. The molecule has 0 amide bonds. The first-order valence-electron chi connectivity index (χ1n) is 5.41. The number of hydrogen-bond acceptors (Lipinski definition) is 2. The van der Waals surface area contributed by atoms with Gasteiger partial charge in [-0.2, -0.15) is 0 Å². The topological polar surface area (TPSA) is 36.2 Å². The lowest BCUT2D eigenvalue weighted by molar-refractivity contribution is 0.695. The average molecular weight is 214 g/mol. The van der Waals surface area contributed by atoms with Crippen molar-refractivity contribution >= 4 is 12.4 Å². The van der Waals surface area contributed by atoms with E-state index in [1.54, 1.807) is 6.08 Å². The second-order valence-electron chi connectivity index (χ2n) is 4.26. The minimum absolute atomic E-state index is 0.0339. The highest BCUT2D eigenvalue weighted by atomic mass is 14.7. The molecule has 1 rings (SSSR count). The van der Waals surface area contributed by atoms with Crippen LogP contribution in [0.4, 0.5) is 0 Å². The Balaban J connectivity index is 2.56. The second kappa shape index (κ2) is 6.01. The Morgan fingerprint density at radius 1 is 1.38 bits per heavy atom. The fraction of sp³-hybridized carbons (Fsp3) is 0.286. The quantitative estimate of drug-likeness (QED) is 0.693. The van der Waals surface area contributed by atoms with Gasteiger partial charge < -0.3 is 5.41 Å². The van der Waals surface area contributed by atoms with Gasteiger partial charge in [0, 0.05) is 17.8 Å². The first kappa shape index (κ1) is 12.4. The molecule has 0 aliphatic carbocycles. The third-order valence-corrected chi connectivity index (χ3v) is 2.13. The van der Waals surface area contributed by atoms with Crippen LogP contribution in [0.2, 0.25) is 0 Å². The van der Waals surface area contributed by atoms with Gasteiger partial charge in [0.1, 0.15) is 0 Å². The molecule has 1 heterocycles. The molecule has 0 spiro atoms. The Bertz CT molecular complexity index is 380. The van der Waals surface area contributed by atoms with Gasteiger partial charge in [-0.15, -0.1) is 0 Å². The monoisotopic (exact) mass is 214 g/mol. The van der Waals surface area contributed by atoms with Crippen molar-refractivity contribution in [2.45, 2.75) is 20.3 Å². The van der Waals surface area contributed by atoms with Crippen molar-refractivity contribution in [2.75, 3.05) is 0 Å². The summed E-state index contributed by atoms with van der Waals surface area (Å²) in [6.07, 6.45) is 17.9. The number of aliphatic imine (C=N–C) groups is 1. The van der Waals surface area contributed by atoms with E-state index in [9.17, 15) is 0 Å². The smallest absolute Gasteiger partial charge is 0.0622 e. The Morgan fingerprint density at radius 2 is 2.19 bits per heavy atom. The van der Waals surface area contributed by atoms with Crippen molar-refractivity contribution in [1.82, 2.24) is 0 Å².